The van der Waals surface area contributed by atoms with Crippen LogP contribution in [0.25, 0.3) is 0 Å². The summed E-state index contributed by atoms with van der Waals surface area (Å²) >= 11 is 7.16. The van der Waals surface area contributed by atoms with Crippen LogP contribution in [-0.4, -0.2) is 0 Å². The predicted molar refractivity (Wildman–Crippen MR) is 27.1 cm³/mol. The van der Waals surface area contributed by atoms with Crippen LogP contribution in [0.2, 0.25) is 0 Å². The van der Waals surface area contributed by atoms with Gasteiger partial charge in [0.1, 0.15) is 0 Å². The summed E-state index contributed by atoms with van der Waals surface area (Å²) in [7, 11) is 0. The molecule has 0 aliphatic rings. The van der Waals surface area contributed by atoms with E-state index in [0.717, 1.165) is 0 Å². The Labute approximate surface area is 58.1 Å². The zero-order valence-corrected chi connectivity index (χ0v) is 6.86. The molecule has 0 aliphatic carbocycles. The maximum absolute atomic E-state index is 4.47. The van der Waals surface area contributed by atoms with E-state index in [0.29, 0.717) is 0 Å². The second kappa shape index (κ2) is 20.6. The fourth-order valence-corrected chi connectivity index (χ4v) is 0. The molecule has 4 heteroatoms. The fraction of sp³-hybridized carbons (Fsp3) is 0. The van der Waals surface area contributed by atoms with Crippen LogP contribution in [0.1, 0.15) is 0 Å². The van der Waals surface area contributed by atoms with Crippen LogP contribution in [0.5, 0.6) is 0 Å². The van der Waals surface area contributed by atoms with Crippen molar-refractivity contribution in [3.05, 3.63) is 0 Å². The van der Waals surface area contributed by atoms with Crippen LogP contribution >= 0.6 is 35.9 Å². The van der Waals surface area contributed by atoms with Crippen LogP contribution < -0.4 is 3.95 Å². The van der Waals surface area contributed by atoms with Gasteiger partial charge in [0.15, 0.2) is 0 Å². The Hall–Kier alpha value is 1.91. The molecule has 0 fully saturated rings. The van der Waals surface area contributed by atoms with Gasteiger partial charge in [-0.05, 0) is 0 Å². The quantitative estimate of drug-likeness (QED) is 0.402. The third kappa shape index (κ3) is 9.08. The molecule has 4 heavy (non-hydrogen) atoms. The van der Waals surface area contributed by atoms with E-state index in [2.05, 4.69) is 35.9 Å². The summed E-state index contributed by atoms with van der Waals surface area (Å²) in [5.41, 5.74) is 0. The number of halogens is 2. The SMILES string of the molecule is NI.[Br][Ag]. The summed E-state index contributed by atoms with van der Waals surface area (Å²) in [4.78, 5) is 0. The second-order valence-electron chi connectivity index (χ2n) is 0. The second-order valence-corrected chi connectivity index (χ2v) is 0. The van der Waals surface area contributed by atoms with E-state index in [1.54, 1.807) is 22.9 Å². The van der Waals surface area contributed by atoms with Crippen molar-refractivity contribution in [2.75, 3.05) is 0 Å². The Kier molecular flexibility index (Phi) is 47.9. The Balaban J connectivity index is 0. The normalized spacial score (nSPS) is 3.25. The molecule has 0 saturated carbocycles. The molecule has 1 nitrogen and oxygen atoms in total. The summed E-state index contributed by atoms with van der Waals surface area (Å²) in [6.07, 6.45) is 0. The van der Waals surface area contributed by atoms with Gasteiger partial charge in [-0.25, -0.2) is 0 Å². The molecule has 0 amide bonds. The molecule has 0 aliphatic heterocycles. The zero-order valence-electron chi connectivity index (χ0n) is 1.63. The maximum atomic E-state index is 4.47. The van der Waals surface area contributed by atoms with E-state index in [-0.39, 0.29) is 0 Å². The van der Waals surface area contributed by atoms with Gasteiger partial charge in [0.05, 0.1) is 0 Å². The van der Waals surface area contributed by atoms with Crippen molar-refractivity contribution in [1.82, 2.24) is 0 Å². The Morgan fingerprint density at radius 1 is 1.50 bits per heavy atom. The summed E-state index contributed by atoms with van der Waals surface area (Å²) in [5.74, 6) is 0. The molecule has 0 bridgehead atoms. The topological polar surface area (TPSA) is 26.0 Å². The molecule has 0 spiro atoms. The molecule has 2 N–H and O–H groups in total. The molecule has 0 unspecified atom stereocenters. The summed E-state index contributed by atoms with van der Waals surface area (Å²) in [6, 6.07) is 0. The van der Waals surface area contributed by atoms with Crippen molar-refractivity contribution in [3.8, 4) is 0 Å². The van der Waals surface area contributed by atoms with E-state index < -0.39 is 0 Å². The van der Waals surface area contributed by atoms with Gasteiger partial charge in [-0.1, -0.05) is 0 Å². The Morgan fingerprint density at radius 3 is 1.50 bits per heavy atom. The van der Waals surface area contributed by atoms with Gasteiger partial charge >= 0.3 is 32.0 Å². The van der Waals surface area contributed by atoms with Crippen LogP contribution in [0.4, 0.5) is 0 Å². The minimum absolute atomic E-state index is 1.65. The predicted octanol–water partition coefficient (Wildman–Crippen LogP) is 1.14. The van der Waals surface area contributed by atoms with Crippen molar-refractivity contribution < 1.29 is 18.9 Å². The Morgan fingerprint density at radius 2 is 1.50 bits per heavy atom. The molecule has 0 atom stereocenters. The number of hydrogen-bond donors (Lipinski definition) is 1. The number of nitrogens with two attached hydrogens (primary N) is 1. The molecule has 0 aromatic carbocycles. The van der Waals surface area contributed by atoms with Crippen LogP contribution in [-0.2, 0) is 18.9 Å². The van der Waals surface area contributed by atoms with Gasteiger partial charge in [-0.2, -0.15) is 0 Å². The molecule has 0 aromatic heterocycles. The molecule has 0 saturated heterocycles. The van der Waals surface area contributed by atoms with Crippen molar-refractivity contribution in [1.29, 1.82) is 0 Å². The van der Waals surface area contributed by atoms with Crippen molar-refractivity contribution >= 4 is 35.9 Å². The minimum atomic E-state index is 1.65. The summed E-state index contributed by atoms with van der Waals surface area (Å²) in [5, 5.41) is 0. The fourth-order valence-electron chi connectivity index (χ4n) is 0. The standard InChI is InChI=1S/Ag.BrH.H2IN/c;;1-2/h;1H;2H2/q+1;;/p-1. The number of rotatable bonds is 0. The first-order valence-corrected chi connectivity index (χ1v) is 4.97. The number of hydrogen-bond acceptors (Lipinski definition) is 1. The van der Waals surface area contributed by atoms with Gasteiger partial charge in [0, 0.05) is 22.9 Å². The van der Waals surface area contributed by atoms with Crippen LogP contribution in [0.3, 0.4) is 0 Å². The van der Waals surface area contributed by atoms with E-state index in [1.165, 1.54) is 0 Å². The molecular formula is H2AgBrIN. The van der Waals surface area contributed by atoms with Gasteiger partial charge in [-0.15, -0.1) is 0 Å². The zero-order chi connectivity index (χ0) is 4.00. The molecule has 0 rings (SSSR count). The first kappa shape index (κ1) is 9.32. The van der Waals surface area contributed by atoms with E-state index in [9.17, 15) is 0 Å². The van der Waals surface area contributed by atoms with E-state index in [1.807, 2.05) is 0 Å². The average molecular weight is 331 g/mol. The van der Waals surface area contributed by atoms with E-state index in [4.69, 9.17) is 0 Å². The molecule has 0 heterocycles. The van der Waals surface area contributed by atoms with E-state index >= 15 is 0 Å². The molecule has 32 valence electrons. The third-order valence-electron chi connectivity index (χ3n) is 0. The van der Waals surface area contributed by atoms with Gasteiger partial charge < -0.3 is 0 Å². The van der Waals surface area contributed by atoms with Crippen LogP contribution in [0, 0.1) is 0 Å². The summed E-state index contributed by atoms with van der Waals surface area (Å²) in [6.45, 7) is 0. The first-order valence-electron chi connectivity index (χ1n) is 0.332. The first-order chi connectivity index (χ1) is 2.00. The average Bonchev–Trinajstić information content (AvgIpc) is 1.50. The monoisotopic (exact) mass is 329 g/mol. The Bertz CT molecular complexity index is 8.00. The van der Waals surface area contributed by atoms with Gasteiger partial charge in [-0.3, -0.25) is 3.95 Å². The van der Waals surface area contributed by atoms with Crippen molar-refractivity contribution in [2.45, 2.75) is 0 Å². The summed E-state index contributed by atoms with van der Waals surface area (Å²) < 4.78 is 4.47. The van der Waals surface area contributed by atoms with Crippen molar-refractivity contribution in [2.24, 2.45) is 3.95 Å². The van der Waals surface area contributed by atoms with Gasteiger partial charge in [0.25, 0.3) is 0 Å². The molecular weight excluding hydrogens is 329 g/mol. The van der Waals surface area contributed by atoms with Gasteiger partial charge in [0.2, 0.25) is 0 Å². The molecule has 0 aromatic rings. The van der Waals surface area contributed by atoms with Crippen LogP contribution in [0.15, 0.2) is 0 Å². The molecule has 0 radical (unpaired) electrons. The third-order valence-corrected chi connectivity index (χ3v) is 0. The van der Waals surface area contributed by atoms with Crippen molar-refractivity contribution in [3.63, 3.8) is 0 Å².